The predicted molar refractivity (Wildman–Crippen MR) is 102 cm³/mol. The minimum absolute atomic E-state index is 0.629. The standard InChI is InChI=1S/C19H31N3O2S/c23-25(24,21-13-6-1-2-7-14-21)22-17-15-20(16-18-22)12-8-11-19-9-4-3-5-10-19/h3-5,9-10H,1-2,6-8,11-18H2. The van der Waals surface area contributed by atoms with E-state index in [1.54, 1.807) is 8.61 Å². The molecule has 140 valence electrons. The number of hydrogen-bond donors (Lipinski definition) is 0. The summed E-state index contributed by atoms with van der Waals surface area (Å²) in [5.41, 5.74) is 1.38. The summed E-state index contributed by atoms with van der Waals surface area (Å²) in [6, 6.07) is 10.6. The van der Waals surface area contributed by atoms with Crippen LogP contribution in [-0.4, -0.2) is 67.7 Å². The molecule has 2 saturated heterocycles. The van der Waals surface area contributed by atoms with E-state index in [4.69, 9.17) is 0 Å². The maximum Gasteiger partial charge on any atom is 0.282 e. The van der Waals surface area contributed by atoms with Gasteiger partial charge in [0.05, 0.1) is 0 Å². The molecule has 2 aliphatic heterocycles. The van der Waals surface area contributed by atoms with E-state index in [1.165, 1.54) is 5.56 Å². The topological polar surface area (TPSA) is 43.9 Å². The number of aryl methyl sites for hydroxylation is 1. The third kappa shape index (κ3) is 5.26. The molecule has 0 bridgehead atoms. The van der Waals surface area contributed by atoms with E-state index in [0.29, 0.717) is 26.2 Å². The second kappa shape index (κ2) is 9.12. The molecule has 0 spiro atoms. The first-order chi connectivity index (χ1) is 12.2. The molecule has 1 aromatic rings. The Kier molecular flexibility index (Phi) is 6.87. The largest absolute Gasteiger partial charge is 0.301 e. The summed E-state index contributed by atoms with van der Waals surface area (Å²) < 4.78 is 29.1. The third-order valence-corrected chi connectivity index (χ3v) is 7.37. The highest BCUT2D eigenvalue weighted by molar-refractivity contribution is 7.86. The lowest BCUT2D eigenvalue weighted by atomic mass is 10.1. The van der Waals surface area contributed by atoms with Gasteiger partial charge in [0.2, 0.25) is 0 Å². The molecule has 1 aromatic carbocycles. The van der Waals surface area contributed by atoms with Gasteiger partial charge in [-0.1, -0.05) is 43.2 Å². The molecule has 0 aromatic heterocycles. The van der Waals surface area contributed by atoms with Crippen molar-refractivity contribution in [1.82, 2.24) is 13.5 Å². The molecular formula is C19H31N3O2S. The van der Waals surface area contributed by atoms with Gasteiger partial charge in [0.15, 0.2) is 0 Å². The number of nitrogens with zero attached hydrogens (tertiary/aromatic N) is 3. The molecule has 5 nitrogen and oxygen atoms in total. The molecule has 25 heavy (non-hydrogen) atoms. The van der Waals surface area contributed by atoms with Gasteiger partial charge in [-0.3, -0.25) is 0 Å². The Bertz CT molecular complexity index is 605. The van der Waals surface area contributed by atoms with Gasteiger partial charge in [-0.15, -0.1) is 0 Å². The lowest BCUT2D eigenvalue weighted by Crippen LogP contribution is -2.53. The van der Waals surface area contributed by atoms with Crippen molar-refractivity contribution in [3.63, 3.8) is 0 Å². The molecule has 2 fully saturated rings. The molecule has 0 radical (unpaired) electrons. The van der Waals surface area contributed by atoms with E-state index in [0.717, 1.165) is 58.2 Å². The molecule has 0 N–H and O–H groups in total. The van der Waals surface area contributed by atoms with Gasteiger partial charge in [0, 0.05) is 39.3 Å². The fraction of sp³-hybridized carbons (Fsp3) is 0.684. The number of piperazine rings is 1. The average molecular weight is 366 g/mol. The molecule has 3 rings (SSSR count). The Balaban J connectivity index is 1.43. The zero-order valence-electron chi connectivity index (χ0n) is 15.1. The van der Waals surface area contributed by atoms with Gasteiger partial charge in [-0.05, 0) is 37.8 Å². The van der Waals surface area contributed by atoms with E-state index in [1.807, 2.05) is 6.07 Å². The fourth-order valence-electron chi connectivity index (χ4n) is 3.77. The van der Waals surface area contributed by atoms with Gasteiger partial charge in [-0.2, -0.15) is 17.0 Å². The number of hydrogen-bond acceptors (Lipinski definition) is 3. The highest BCUT2D eigenvalue weighted by Crippen LogP contribution is 2.18. The molecule has 0 unspecified atom stereocenters. The Morgan fingerprint density at radius 3 is 2.00 bits per heavy atom. The number of rotatable bonds is 6. The van der Waals surface area contributed by atoms with Crippen molar-refractivity contribution in [1.29, 1.82) is 0 Å². The zero-order chi connectivity index (χ0) is 17.5. The summed E-state index contributed by atoms with van der Waals surface area (Å²) in [5, 5.41) is 0. The van der Waals surface area contributed by atoms with Crippen molar-refractivity contribution in [2.24, 2.45) is 0 Å². The first-order valence-electron chi connectivity index (χ1n) is 9.68. The monoisotopic (exact) mass is 365 g/mol. The SMILES string of the molecule is O=S(=O)(N1CCCCCC1)N1CCN(CCCc2ccccc2)CC1. The van der Waals surface area contributed by atoms with Crippen molar-refractivity contribution < 1.29 is 8.42 Å². The highest BCUT2D eigenvalue weighted by atomic mass is 32.2. The predicted octanol–water partition coefficient (Wildman–Crippen LogP) is 2.36. The Hall–Kier alpha value is -0.950. The van der Waals surface area contributed by atoms with E-state index in [-0.39, 0.29) is 0 Å². The number of benzene rings is 1. The van der Waals surface area contributed by atoms with Crippen LogP contribution in [0, 0.1) is 0 Å². The van der Waals surface area contributed by atoms with Gasteiger partial charge in [-0.25, -0.2) is 0 Å². The van der Waals surface area contributed by atoms with Crippen molar-refractivity contribution in [3.05, 3.63) is 35.9 Å². The summed E-state index contributed by atoms with van der Waals surface area (Å²) in [5.74, 6) is 0. The van der Waals surface area contributed by atoms with Crippen LogP contribution >= 0.6 is 0 Å². The minimum Gasteiger partial charge on any atom is -0.301 e. The van der Waals surface area contributed by atoms with Crippen molar-refractivity contribution >= 4 is 10.2 Å². The second-order valence-corrected chi connectivity index (χ2v) is 9.08. The van der Waals surface area contributed by atoms with Crippen molar-refractivity contribution in [2.45, 2.75) is 38.5 Å². The van der Waals surface area contributed by atoms with Crippen LogP contribution in [0.15, 0.2) is 30.3 Å². The third-order valence-electron chi connectivity index (χ3n) is 5.33. The minimum atomic E-state index is -3.26. The van der Waals surface area contributed by atoms with Crippen molar-refractivity contribution in [3.8, 4) is 0 Å². The maximum absolute atomic E-state index is 12.8. The molecule has 0 saturated carbocycles. The first-order valence-corrected chi connectivity index (χ1v) is 11.1. The molecular weight excluding hydrogens is 334 g/mol. The van der Waals surface area contributed by atoms with Crippen LogP contribution in [0.1, 0.15) is 37.7 Å². The fourth-order valence-corrected chi connectivity index (χ4v) is 5.44. The highest BCUT2D eigenvalue weighted by Gasteiger charge is 2.32. The lowest BCUT2D eigenvalue weighted by molar-refractivity contribution is 0.180. The lowest BCUT2D eigenvalue weighted by Gasteiger charge is -2.36. The summed E-state index contributed by atoms with van der Waals surface area (Å²) in [7, 11) is -3.26. The van der Waals surface area contributed by atoms with Crippen LogP contribution in [0.3, 0.4) is 0 Å². The van der Waals surface area contributed by atoms with Crippen LogP contribution in [0.4, 0.5) is 0 Å². The molecule has 6 heteroatoms. The summed E-state index contributed by atoms with van der Waals surface area (Å²) >= 11 is 0. The molecule has 2 heterocycles. The molecule has 0 amide bonds. The van der Waals surface area contributed by atoms with Crippen LogP contribution < -0.4 is 0 Å². The van der Waals surface area contributed by atoms with Gasteiger partial charge < -0.3 is 4.90 Å². The van der Waals surface area contributed by atoms with Crippen LogP contribution in [0.25, 0.3) is 0 Å². The molecule has 2 aliphatic rings. The summed E-state index contributed by atoms with van der Waals surface area (Å²) in [6.45, 7) is 5.39. The van der Waals surface area contributed by atoms with E-state index in [2.05, 4.69) is 29.2 Å². The van der Waals surface area contributed by atoms with Crippen LogP contribution in [0.5, 0.6) is 0 Å². The second-order valence-electron chi connectivity index (χ2n) is 7.15. The zero-order valence-corrected chi connectivity index (χ0v) is 16.0. The average Bonchev–Trinajstić information content (AvgIpc) is 2.93. The molecule has 0 atom stereocenters. The van der Waals surface area contributed by atoms with Gasteiger partial charge in [0.25, 0.3) is 10.2 Å². The summed E-state index contributed by atoms with van der Waals surface area (Å²) in [4.78, 5) is 2.40. The quantitative estimate of drug-likeness (QED) is 0.777. The first kappa shape index (κ1) is 18.8. The van der Waals surface area contributed by atoms with Gasteiger partial charge >= 0.3 is 0 Å². The van der Waals surface area contributed by atoms with Crippen molar-refractivity contribution in [2.75, 3.05) is 45.8 Å². The van der Waals surface area contributed by atoms with E-state index >= 15 is 0 Å². The van der Waals surface area contributed by atoms with E-state index < -0.39 is 10.2 Å². The Morgan fingerprint density at radius 1 is 0.760 bits per heavy atom. The Morgan fingerprint density at radius 2 is 1.36 bits per heavy atom. The molecule has 0 aliphatic carbocycles. The normalized spacial score (nSPS) is 21.9. The Labute approximate surface area is 152 Å². The maximum atomic E-state index is 12.8. The smallest absolute Gasteiger partial charge is 0.282 e. The van der Waals surface area contributed by atoms with Crippen LogP contribution in [-0.2, 0) is 16.6 Å². The van der Waals surface area contributed by atoms with Gasteiger partial charge in [0.1, 0.15) is 0 Å². The van der Waals surface area contributed by atoms with E-state index in [9.17, 15) is 8.42 Å². The summed E-state index contributed by atoms with van der Waals surface area (Å²) in [6.07, 6.45) is 6.52. The van der Waals surface area contributed by atoms with Crippen LogP contribution in [0.2, 0.25) is 0 Å².